The first-order valence-corrected chi connectivity index (χ1v) is 5.04. The molecule has 0 amide bonds. The van der Waals surface area contributed by atoms with E-state index >= 15 is 0 Å². The fourth-order valence-corrected chi connectivity index (χ4v) is 2.29. The smallest absolute Gasteiger partial charge is 0.251 e. The SMILES string of the molecule is O=c1cccc(Cl)n1C1CCCC1. The minimum atomic E-state index is 0.0272. The molecule has 1 aliphatic rings. The van der Waals surface area contributed by atoms with E-state index in [1.54, 1.807) is 22.8 Å². The second-order valence-electron chi connectivity index (χ2n) is 3.50. The molecule has 0 N–H and O–H groups in total. The van der Waals surface area contributed by atoms with E-state index in [1.165, 1.54) is 12.8 Å². The molecule has 0 aliphatic heterocycles. The molecule has 2 rings (SSSR count). The van der Waals surface area contributed by atoms with E-state index in [1.807, 2.05) is 0 Å². The van der Waals surface area contributed by atoms with Gasteiger partial charge in [-0.3, -0.25) is 9.36 Å². The third-order valence-corrected chi connectivity index (χ3v) is 2.94. The van der Waals surface area contributed by atoms with Crippen LogP contribution >= 0.6 is 11.6 Å². The molecule has 0 unspecified atom stereocenters. The lowest BCUT2D eigenvalue weighted by Crippen LogP contribution is -2.22. The molecule has 2 nitrogen and oxygen atoms in total. The second-order valence-corrected chi connectivity index (χ2v) is 3.88. The topological polar surface area (TPSA) is 22.0 Å². The van der Waals surface area contributed by atoms with Crippen LogP contribution in [-0.4, -0.2) is 4.57 Å². The number of hydrogen-bond acceptors (Lipinski definition) is 1. The second kappa shape index (κ2) is 3.54. The van der Waals surface area contributed by atoms with E-state index in [9.17, 15) is 4.79 Å². The Hall–Kier alpha value is -0.760. The van der Waals surface area contributed by atoms with Crippen molar-refractivity contribution < 1.29 is 0 Å². The van der Waals surface area contributed by atoms with Crippen molar-refractivity contribution in [3.8, 4) is 0 Å². The molecule has 1 aliphatic carbocycles. The van der Waals surface area contributed by atoms with Crippen LogP contribution in [-0.2, 0) is 0 Å². The Morgan fingerprint density at radius 1 is 1.31 bits per heavy atom. The van der Waals surface area contributed by atoms with Crippen LogP contribution in [0.15, 0.2) is 23.0 Å². The van der Waals surface area contributed by atoms with Crippen molar-refractivity contribution in [2.45, 2.75) is 31.7 Å². The van der Waals surface area contributed by atoms with Crippen LogP contribution in [0, 0.1) is 0 Å². The predicted molar refractivity (Wildman–Crippen MR) is 53.2 cm³/mol. The van der Waals surface area contributed by atoms with Crippen molar-refractivity contribution >= 4 is 11.6 Å². The fourth-order valence-electron chi connectivity index (χ4n) is 1.99. The maximum Gasteiger partial charge on any atom is 0.251 e. The van der Waals surface area contributed by atoms with Crippen LogP contribution in [0.4, 0.5) is 0 Å². The number of rotatable bonds is 1. The maximum atomic E-state index is 11.5. The normalized spacial score (nSPS) is 17.9. The number of aromatic nitrogens is 1. The molecule has 0 radical (unpaired) electrons. The van der Waals surface area contributed by atoms with Crippen molar-refractivity contribution in [1.29, 1.82) is 0 Å². The highest BCUT2D eigenvalue weighted by atomic mass is 35.5. The highest BCUT2D eigenvalue weighted by Gasteiger charge is 2.19. The molecule has 0 atom stereocenters. The third-order valence-electron chi connectivity index (χ3n) is 2.63. The summed E-state index contributed by atoms with van der Waals surface area (Å²) in [5.41, 5.74) is 0.0272. The molecule has 1 fully saturated rings. The van der Waals surface area contributed by atoms with E-state index in [2.05, 4.69) is 0 Å². The molecular weight excluding hydrogens is 186 g/mol. The van der Waals surface area contributed by atoms with E-state index in [0.717, 1.165) is 12.8 Å². The molecule has 1 saturated carbocycles. The van der Waals surface area contributed by atoms with E-state index in [4.69, 9.17) is 11.6 Å². The average molecular weight is 198 g/mol. The van der Waals surface area contributed by atoms with Crippen molar-refractivity contribution in [3.63, 3.8) is 0 Å². The fraction of sp³-hybridized carbons (Fsp3) is 0.500. The van der Waals surface area contributed by atoms with E-state index in [-0.39, 0.29) is 5.56 Å². The van der Waals surface area contributed by atoms with Crippen LogP contribution < -0.4 is 5.56 Å². The van der Waals surface area contributed by atoms with Crippen LogP contribution in [0.25, 0.3) is 0 Å². The van der Waals surface area contributed by atoms with Crippen molar-refractivity contribution in [1.82, 2.24) is 4.57 Å². The zero-order valence-electron chi connectivity index (χ0n) is 7.37. The molecule has 3 heteroatoms. The summed E-state index contributed by atoms with van der Waals surface area (Å²) < 4.78 is 1.72. The van der Waals surface area contributed by atoms with Gasteiger partial charge in [0.05, 0.1) is 0 Å². The van der Waals surface area contributed by atoms with Gasteiger partial charge >= 0.3 is 0 Å². The Morgan fingerprint density at radius 3 is 2.62 bits per heavy atom. The lowest BCUT2D eigenvalue weighted by molar-refractivity contribution is 0.503. The van der Waals surface area contributed by atoms with Crippen LogP contribution in [0.1, 0.15) is 31.7 Å². The molecule has 0 bridgehead atoms. The van der Waals surface area contributed by atoms with Crippen molar-refractivity contribution in [2.75, 3.05) is 0 Å². The Bertz CT molecular complexity index is 352. The van der Waals surface area contributed by atoms with Gasteiger partial charge in [-0.25, -0.2) is 0 Å². The largest absolute Gasteiger partial charge is 0.296 e. The molecule has 0 spiro atoms. The van der Waals surface area contributed by atoms with Gasteiger partial charge < -0.3 is 0 Å². The van der Waals surface area contributed by atoms with Gasteiger partial charge in [-0.2, -0.15) is 0 Å². The summed E-state index contributed by atoms with van der Waals surface area (Å²) in [7, 11) is 0. The van der Waals surface area contributed by atoms with Gasteiger partial charge in [0.25, 0.3) is 5.56 Å². The van der Waals surface area contributed by atoms with Gasteiger partial charge in [-0.05, 0) is 18.9 Å². The number of hydrogen-bond donors (Lipinski definition) is 0. The predicted octanol–water partition coefficient (Wildman–Crippen LogP) is 2.62. The zero-order chi connectivity index (χ0) is 9.26. The first kappa shape index (κ1) is 8.82. The lowest BCUT2D eigenvalue weighted by Gasteiger charge is -2.14. The summed E-state index contributed by atoms with van der Waals surface area (Å²) in [6.45, 7) is 0. The van der Waals surface area contributed by atoms with Gasteiger partial charge in [0.1, 0.15) is 5.15 Å². The number of halogens is 1. The number of pyridine rings is 1. The molecular formula is C10H12ClNO. The summed E-state index contributed by atoms with van der Waals surface area (Å²) in [5, 5.41) is 0.569. The summed E-state index contributed by atoms with van der Waals surface area (Å²) in [6, 6.07) is 5.39. The van der Waals surface area contributed by atoms with Gasteiger partial charge in [0.2, 0.25) is 0 Å². The van der Waals surface area contributed by atoms with Gasteiger partial charge in [-0.15, -0.1) is 0 Å². The standard InChI is InChI=1S/C10H12ClNO/c11-9-6-3-7-10(13)12(9)8-4-1-2-5-8/h3,6-8H,1-2,4-5H2. The Kier molecular flexibility index (Phi) is 2.40. The first-order chi connectivity index (χ1) is 6.29. The molecule has 1 aromatic heterocycles. The van der Waals surface area contributed by atoms with E-state index in [0.29, 0.717) is 11.2 Å². The molecule has 1 heterocycles. The molecule has 13 heavy (non-hydrogen) atoms. The highest BCUT2D eigenvalue weighted by Crippen LogP contribution is 2.30. The minimum Gasteiger partial charge on any atom is -0.296 e. The quantitative estimate of drug-likeness (QED) is 0.635. The number of nitrogens with zero attached hydrogens (tertiary/aromatic N) is 1. The summed E-state index contributed by atoms with van der Waals surface area (Å²) in [6.07, 6.45) is 4.60. The molecule has 0 aromatic carbocycles. The van der Waals surface area contributed by atoms with Crippen molar-refractivity contribution in [3.05, 3.63) is 33.7 Å². The summed E-state index contributed by atoms with van der Waals surface area (Å²) >= 11 is 5.97. The maximum absolute atomic E-state index is 11.5. The highest BCUT2D eigenvalue weighted by molar-refractivity contribution is 6.29. The van der Waals surface area contributed by atoms with Crippen LogP contribution in [0.2, 0.25) is 5.15 Å². The Labute approximate surface area is 82.1 Å². The van der Waals surface area contributed by atoms with Crippen molar-refractivity contribution in [2.24, 2.45) is 0 Å². The van der Waals surface area contributed by atoms with Gasteiger partial charge in [0, 0.05) is 12.1 Å². The molecule has 0 saturated heterocycles. The third kappa shape index (κ3) is 1.63. The molecule has 70 valence electrons. The van der Waals surface area contributed by atoms with Gasteiger partial charge in [0.15, 0.2) is 0 Å². The average Bonchev–Trinajstić information content (AvgIpc) is 2.57. The zero-order valence-corrected chi connectivity index (χ0v) is 8.13. The Morgan fingerprint density at radius 2 is 2.00 bits per heavy atom. The minimum absolute atomic E-state index is 0.0272. The summed E-state index contributed by atoms with van der Waals surface area (Å²) in [5.74, 6) is 0. The van der Waals surface area contributed by atoms with E-state index < -0.39 is 0 Å². The lowest BCUT2D eigenvalue weighted by atomic mass is 10.2. The van der Waals surface area contributed by atoms with Crippen LogP contribution in [0.5, 0.6) is 0 Å². The Balaban J connectivity index is 2.43. The van der Waals surface area contributed by atoms with Gasteiger partial charge in [-0.1, -0.05) is 30.5 Å². The summed E-state index contributed by atoms with van der Waals surface area (Å²) in [4.78, 5) is 11.5. The van der Waals surface area contributed by atoms with Crippen LogP contribution in [0.3, 0.4) is 0 Å². The first-order valence-electron chi connectivity index (χ1n) is 4.66. The molecule has 1 aromatic rings. The monoisotopic (exact) mass is 197 g/mol.